The van der Waals surface area contributed by atoms with E-state index in [2.05, 4.69) is 15.7 Å². The Morgan fingerprint density at radius 1 is 1.37 bits per heavy atom. The van der Waals surface area contributed by atoms with Crippen LogP contribution in [0.3, 0.4) is 0 Å². The van der Waals surface area contributed by atoms with Gasteiger partial charge in [0.2, 0.25) is 0 Å². The number of carbonyl (C=O) groups excluding carboxylic acids is 1. The van der Waals surface area contributed by atoms with Crippen molar-refractivity contribution in [1.82, 2.24) is 10.3 Å². The molecule has 0 saturated carbocycles. The number of anilines is 1. The number of amides is 1. The minimum Gasteiger partial charge on any atom is -0.352 e. The average Bonchev–Trinajstić information content (AvgIpc) is 2.36. The minimum absolute atomic E-state index is 0.0118. The van der Waals surface area contributed by atoms with Crippen LogP contribution in [0.25, 0.3) is 0 Å². The zero-order chi connectivity index (χ0) is 14.3. The number of nitrogens with one attached hydrogen (secondary N) is 2. The molecule has 0 fully saturated rings. The number of carbonyl (C=O) groups is 1. The SMILES string of the molecule is NNc1cnccc1C(=O)NCCCCC(F)(F)F. The topological polar surface area (TPSA) is 80.0 Å². The Morgan fingerprint density at radius 3 is 2.74 bits per heavy atom. The molecule has 5 nitrogen and oxygen atoms in total. The number of hydrogen-bond donors (Lipinski definition) is 3. The first-order chi connectivity index (χ1) is 8.94. The monoisotopic (exact) mass is 276 g/mol. The summed E-state index contributed by atoms with van der Waals surface area (Å²) in [6, 6.07) is 1.47. The number of unbranched alkanes of at least 4 members (excludes halogenated alkanes) is 1. The van der Waals surface area contributed by atoms with E-state index < -0.39 is 18.5 Å². The van der Waals surface area contributed by atoms with E-state index in [4.69, 9.17) is 5.84 Å². The lowest BCUT2D eigenvalue weighted by Crippen LogP contribution is -2.26. The fourth-order valence-corrected chi connectivity index (χ4v) is 1.46. The summed E-state index contributed by atoms with van der Waals surface area (Å²) in [5, 5.41) is 2.53. The summed E-state index contributed by atoms with van der Waals surface area (Å²) in [7, 11) is 0. The van der Waals surface area contributed by atoms with Crippen LogP contribution < -0.4 is 16.6 Å². The van der Waals surface area contributed by atoms with Crippen LogP contribution in [0.1, 0.15) is 29.6 Å². The van der Waals surface area contributed by atoms with Crippen molar-refractivity contribution in [2.24, 2.45) is 5.84 Å². The summed E-state index contributed by atoms with van der Waals surface area (Å²) in [5.41, 5.74) is 2.98. The molecule has 0 aromatic carbocycles. The van der Waals surface area contributed by atoms with Gasteiger partial charge in [0.1, 0.15) is 0 Å². The molecule has 1 aromatic heterocycles. The van der Waals surface area contributed by atoms with Gasteiger partial charge in [0.15, 0.2) is 0 Å². The molecule has 4 N–H and O–H groups in total. The van der Waals surface area contributed by atoms with Gasteiger partial charge in [0, 0.05) is 19.2 Å². The van der Waals surface area contributed by atoms with Crippen molar-refractivity contribution < 1.29 is 18.0 Å². The molecule has 0 bridgehead atoms. The van der Waals surface area contributed by atoms with Crippen molar-refractivity contribution in [2.45, 2.75) is 25.4 Å². The lowest BCUT2D eigenvalue weighted by Gasteiger charge is -2.09. The highest BCUT2D eigenvalue weighted by Gasteiger charge is 2.25. The number of rotatable bonds is 6. The Morgan fingerprint density at radius 2 is 2.11 bits per heavy atom. The second-order valence-corrected chi connectivity index (χ2v) is 3.89. The van der Waals surface area contributed by atoms with E-state index in [1.54, 1.807) is 0 Å². The van der Waals surface area contributed by atoms with Crippen LogP contribution in [0.4, 0.5) is 18.9 Å². The predicted octanol–water partition coefficient (Wildman–Crippen LogP) is 1.83. The van der Waals surface area contributed by atoms with E-state index in [0.29, 0.717) is 11.3 Å². The molecular weight excluding hydrogens is 261 g/mol. The summed E-state index contributed by atoms with van der Waals surface area (Å²) in [6.45, 7) is 0.182. The summed E-state index contributed by atoms with van der Waals surface area (Å²) in [4.78, 5) is 15.5. The molecule has 0 aliphatic rings. The quantitative estimate of drug-likeness (QED) is 0.421. The Bertz CT molecular complexity index is 423. The number of halogens is 3. The van der Waals surface area contributed by atoms with Gasteiger partial charge in [-0.3, -0.25) is 15.6 Å². The summed E-state index contributed by atoms with van der Waals surface area (Å²) < 4.78 is 35.7. The van der Waals surface area contributed by atoms with Crippen LogP contribution in [0.2, 0.25) is 0 Å². The number of hydrazine groups is 1. The maximum atomic E-state index is 11.9. The molecule has 0 spiro atoms. The van der Waals surface area contributed by atoms with Crippen molar-refractivity contribution >= 4 is 11.6 Å². The summed E-state index contributed by atoms with van der Waals surface area (Å²) >= 11 is 0. The predicted molar refractivity (Wildman–Crippen MR) is 64.3 cm³/mol. The van der Waals surface area contributed by atoms with Gasteiger partial charge in [-0.15, -0.1) is 0 Å². The maximum Gasteiger partial charge on any atom is 0.389 e. The van der Waals surface area contributed by atoms with E-state index in [0.717, 1.165) is 0 Å². The van der Waals surface area contributed by atoms with Gasteiger partial charge in [0.25, 0.3) is 5.91 Å². The number of alkyl halides is 3. The minimum atomic E-state index is -4.15. The van der Waals surface area contributed by atoms with Gasteiger partial charge in [-0.2, -0.15) is 13.2 Å². The molecule has 1 amide bonds. The van der Waals surface area contributed by atoms with E-state index >= 15 is 0 Å². The molecule has 8 heteroatoms. The third kappa shape index (κ3) is 5.56. The third-order valence-electron chi connectivity index (χ3n) is 2.39. The number of hydrogen-bond acceptors (Lipinski definition) is 4. The fourth-order valence-electron chi connectivity index (χ4n) is 1.46. The summed E-state index contributed by atoms with van der Waals surface area (Å²) in [5.74, 6) is 4.82. The molecule has 0 aliphatic carbocycles. The van der Waals surface area contributed by atoms with Crippen LogP contribution in [0, 0.1) is 0 Å². The Labute approximate surface area is 108 Å². The van der Waals surface area contributed by atoms with Crippen LogP contribution in [-0.2, 0) is 0 Å². The molecule has 0 radical (unpaired) electrons. The smallest absolute Gasteiger partial charge is 0.352 e. The Kier molecular flexibility index (Phi) is 5.56. The van der Waals surface area contributed by atoms with Crippen LogP contribution in [0.15, 0.2) is 18.5 Å². The molecule has 19 heavy (non-hydrogen) atoms. The largest absolute Gasteiger partial charge is 0.389 e. The molecule has 1 heterocycles. The van der Waals surface area contributed by atoms with Crippen molar-refractivity contribution in [2.75, 3.05) is 12.0 Å². The lowest BCUT2D eigenvalue weighted by molar-refractivity contribution is -0.135. The average molecular weight is 276 g/mol. The lowest BCUT2D eigenvalue weighted by atomic mass is 10.2. The Hall–Kier alpha value is -1.83. The van der Waals surface area contributed by atoms with E-state index in [1.165, 1.54) is 18.5 Å². The van der Waals surface area contributed by atoms with Gasteiger partial charge in [-0.05, 0) is 18.9 Å². The van der Waals surface area contributed by atoms with Gasteiger partial charge < -0.3 is 10.7 Å². The summed E-state index contributed by atoms with van der Waals surface area (Å²) in [6.07, 6.45) is -1.92. The zero-order valence-electron chi connectivity index (χ0n) is 10.1. The van der Waals surface area contributed by atoms with Gasteiger partial charge >= 0.3 is 6.18 Å². The molecule has 0 atom stereocenters. The van der Waals surface area contributed by atoms with E-state index in [1.807, 2.05) is 0 Å². The van der Waals surface area contributed by atoms with Crippen LogP contribution in [-0.4, -0.2) is 23.6 Å². The first-order valence-corrected chi connectivity index (χ1v) is 5.69. The molecule has 1 rings (SSSR count). The number of pyridine rings is 1. The highest BCUT2D eigenvalue weighted by molar-refractivity contribution is 5.99. The molecule has 1 aromatic rings. The van der Waals surface area contributed by atoms with Crippen molar-refractivity contribution in [3.63, 3.8) is 0 Å². The highest BCUT2D eigenvalue weighted by atomic mass is 19.4. The molecule has 106 valence electrons. The highest BCUT2D eigenvalue weighted by Crippen LogP contribution is 2.21. The number of nitrogens with zero attached hydrogens (tertiary/aromatic N) is 1. The zero-order valence-corrected chi connectivity index (χ0v) is 10.1. The fraction of sp³-hybridized carbons (Fsp3) is 0.455. The second kappa shape index (κ2) is 6.93. The van der Waals surface area contributed by atoms with Gasteiger partial charge in [-0.1, -0.05) is 0 Å². The maximum absolute atomic E-state index is 11.9. The number of nitrogen functional groups attached to an aromatic ring is 1. The first-order valence-electron chi connectivity index (χ1n) is 5.69. The molecule has 0 unspecified atom stereocenters. The van der Waals surface area contributed by atoms with E-state index in [-0.39, 0.29) is 19.4 Å². The molecule has 0 saturated heterocycles. The third-order valence-corrected chi connectivity index (χ3v) is 2.39. The standard InChI is InChI=1S/C11H15F3N4O/c12-11(13,14)4-1-2-5-17-10(19)8-3-6-16-7-9(8)18-15/h3,6-7,18H,1-2,4-5,15H2,(H,17,19). The van der Waals surface area contributed by atoms with E-state index in [9.17, 15) is 18.0 Å². The molecular formula is C11H15F3N4O. The van der Waals surface area contributed by atoms with Gasteiger partial charge in [-0.25, -0.2) is 0 Å². The number of nitrogens with two attached hydrogens (primary N) is 1. The van der Waals surface area contributed by atoms with Gasteiger partial charge in [0.05, 0.1) is 17.4 Å². The van der Waals surface area contributed by atoms with Crippen molar-refractivity contribution in [1.29, 1.82) is 0 Å². The second-order valence-electron chi connectivity index (χ2n) is 3.89. The van der Waals surface area contributed by atoms with Crippen molar-refractivity contribution in [3.05, 3.63) is 24.0 Å². The first kappa shape index (κ1) is 15.2. The van der Waals surface area contributed by atoms with Crippen LogP contribution in [0.5, 0.6) is 0 Å². The Balaban J connectivity index is 2.35. The number of aromatic nitrogens is 1. The van der Waals surface area contributed by atoms with Crippen molar-refractivity contribution in [3.8, 4) is 0 Å². The normalized spacial score (nSPS) is 11.2. The molecule has 0 aliphatic heterocycles. The van der Waals surface area contributed by atoms with Crippen LogP contribution >= 0.6 is 0 Å².